The lowest BCUT2D eigenvalue weighted by Crippen LogP contribution is -2.06. The molecule has 0 fully saturated rings. The zero-order valence-corrected chi connectivity index (χ0v) is 10.5. The molecule has 0 spiro atoms. The van der Waals surface area contributed by atoms with Crippen LogP contribution in [-0.2, 0) is 22.5 Å². The number of hydrogen-bond acceptors (Lipinski definition) is 3. The van der Waals surface area contributed by atoms with Gasteiger partial charge in [-0.1, -0.05) is 18.5 Å². The molecule has 0 saturated heterocycles. The molecule has 16 heavy (non-hydrogen) atoms. The van der Waals surface area contributed by atoms with Crippen molar-refractivity contribution in [3.63, 3.8) is 0 Å². The van der Waals surface area contributed by atoms with E-state index >= 15 is 0 Å². The molecule has 1 rings (SSSR count). The predicted molar refractivity (Wildman–Crippen MR) is 62.5 cm³/mol. The van der Waals surface area contributed by atoms with Crippen LogP contribution in [-0.4, -0.2) is 22.4 Å². The van der Waals surface area contributed by atoms with Crippen LogP contribution in [0.25, 0.3) is 0 Å². The van der Waals surface area contributed by atoms with Gasteiger partial charge in [0.15, 0.2) is 0 Å². The summed E-state index contributed by atoms with van der Waals surface area (Å²) in [6, 6.07) is 0. The Morgan fingerprint density at radius 2 is 2.31 bits per heavy atom. The van der Waals surface area contributed by atoms with E-state index in [-0.39, 0.29) is 5.97 Å². The molecule has 1 aromatic rings. The topological polar surface area (TPSA) is 44.1 Å². The predicted octanol–water partition coefficient (Wildman–Crippen LogP) is 2.44. The van der Waals surface area contributed by atoms with E-state index in [1.165, 1.54) is 0 Å². The highest BCUT2D eigenvalue weighted by Crippen LogP contribution is 2.14. The van der Waals surface area contributed by atoms with Gasteiger partial charge in [-0.25, -0.2) is 0 Å². The molecule has 0 amide bonds. The van der Waals surface area contributed by atoms with E-state index in [1.807, 2.05) is 6.92 Å². The fourth-order valence-electron chi connectivity index (χ4n) is 1.41. The average Bonchev–Trinajstić information content (AvgIpc) is 2.59. The molecule has 0 atom stereocenters. The van der Waals surface area contributed by atoms with E-state index in [0.29, 0.717) is 24.6 Å². The molecule has 0 saturated carbocycles. The minimum atomic E-state index is -0.156. The number of carbonyl (C=O) groups is 1. The lowest BCUT2D eigenvalue weighted by atomic mass is 10.3. The minimum Gasteiger partial charge on any atom is -0.466 e. The van der Waals surface area contributed by atoms with Gasteiger partial charge < -0.3 is 4.74 Å². The van der Waals surface area contributed by atoms with Crippen LogP contribution in [0.4, 0.5) is 0 Å². The second kappa shape index (κ2) is 6.53. The third-order valence-corrected chi connectivity index (χ3v) is 2.51. The summed E-state index contributed by atoms with van der Waals surface area (Å²) in [7, 11) is 0. The van der Waals surface area contributed by atoms with E-state index in [1.54, 1.807) is 17.8 Å². The number of hydrogen-bond donors (Lipinski definition) is 0. The molecule has 90 valence electrons. The first-order chi connectivity index (χ1) is 7.67. The number of ether oxygens (including phenoxy) is 1. The zero-order chi connectivity index (χ0) is 12.0. The van der Waals surface area contributed by atoms with Crippen LogP contribution in [0.3, 0.4) is 0 Å². The molecule has 0 bridgehead atoms. The quantitative estimate of drug-likeness (QED) is 0.722. The third-order valence-electron chi connectivity index (χ3n) is 2.20. The van der Waals surface area contributed by atoms with E-state index in [2.05, 4.69) is 5.10 Å². The normalized spacial score (nSPS) is 10.4. The van der Waals surface area contributed by atoms with Crippen LogP contribution in [0.5, 0.6) is 0 Å². The van der Waals surface area contributed by atoms with Gasteiger partial charge in [-0.3, -0.25) is 9.48 Å². The number of rotatable bonds is 6. The van der Waals surface area contributed by atoms with E-state index in [0.717, 1.165) is 18.5 Å². The maximum atomic E-state index is 11.1. The van der Waals surface area contributed by atoms with E-state index in [4.69, 9.17) is 16.3 Å². The number of nitrogens with zero attached hydrogens (tertiary/aromatic N) is 2. The molecule has 0 radical (unpaired) electrons. The Kier molecular flexibility index (Phi) is 5.32. The summed E-state index contributed by atoms with van der Waals surface area (Å²) in [5.74, 6) is -0.156. The SMILES string of the molecule is CCOC(=O)CCCn1cc(Cl)c(CC)n1. The number of aromatic nitrogens is 2. The molecule has 1 heterocycles. The molecule has 4 nitrogen and oxygen atoms in total. The fraction of sp³-hybridized carbons (Fsp3) is 0.636. The van der Waals surface area contributed by atoms with Crippen LogP contribution in [0.1, 0.15) is 32.4 Å². The summed E-state index contributed by atoms with van der Waals surface area (Å²) < 4.78 is 6.61. The monoisotopic (exact) mass is 244 g/mol. The molecular formula is C11H17ClN2O2. The maximum Gasteiger partial charge on any atom is 0.305 e. The lowest BCUT2D eigenvalue weighted by Gasteiger charge is -2.02. The van der Waals surface area contributed by atoms with Gasteiger partial charge in [-0.15, -0.1) is 0 Å². The summed E-state index contributed by atoms with van der Waals surface area (Å²) in [5, 5.41) is 5.00. The standard InChI is InChI=1S/C11H17ClN2O2/c1-3-10-9(12)8-14(13-10)7-5-6-11(15)16-4-2/h8H,3-7H2,1-2H3. The Morgan fingerprint density at radius 1 is 1.56 bits per heavy atom. The summed E-state index contributed by atoms with van der Waals surface area (Å²) in [4.78, 5) is 11.1. The summed E-state index contributed by atoms with van der Waals surface area (Å²) >= 11 is 5.96. The van der Waals surface area contributed by atoms with Crippen molar-refractivity contribution in [1.29, 1.82) is 0 Å². The van der Waals surface area contributed by atoms with Gasteiger partial charge >= 0.3 is 5.97 Å². The highest BCUT2D eigenvalue weighted by Gasteiger charge is 2.06. The summed E-state index contributed by atoms with van der Waals surface area (Å²) in [6.07, 6.45) is 3.77. The van der Waals surface area contributed by atoms with Crippen molar-refractivity contribution in [2.75, 3.05) is 6.61 Å². The van der Waals surface area contributed by atoms with Crippen molar-refractivity contribution in [3.05, 3.63) is 16.9 Å². The van der Waals surface area contributed by atoms with Gasteiger partial charge in [-0.05, 0) is 19.8 Å². The summed E-state index contributed by atoms with van der Waals surface area (Å²) in [5.41, 5.74) is 0.901. The Hall–Kier alpha value is -1.03. The number of halogens is 1. The van der Waals surface area contributed by atoms with Gasteiger partial charge in [0.05, 0.1) is 17.3 Å². The van der Waals surface area contributed by atoms with Gasteiger partial charge in [0, 0.05) is 19.2 Å². The Bertz CT molecular complexity index is 350. The molecule has 0 aliphatic rings. The van der Waals surface area contributed by atoms with Gasteiger partial charge in [-0.2, -0.15) is 5.10 Å². The van der Waals surface area contributed by atoms with E-state index < -0.39 is 0 Å². The average molecular weight is 245 g/mol. The first-order valence-corrected chi connectivity index (χ1v) is 5.92. The number of carbonyl (C=O) groups excluding carboxylic acids is 1. The Morgan fingerprint density at radius 3 is 2.88 bits per heavy atom. The van der Waals surface area contributed by atoms with Gasteiger partial charge in [0.25, 0.3) is 0 Å². The largest absolute Gasteiger partial charge is 0.466 e. The molecule has 0 aliphatic heterocycles. The molecule has 1 aromatic heterocycles. The number of esters is 1. The first kappa shape index (κ1) is 13.0. The molecule has 0 aliphatic carbocycles. The highest BCUT2D eigenvalue weighted by molar-refractivity contribution is 6.31. The molecule has 0 aromatic carbocycles. The van der Waals surface area contributed by atoms with Crippen molar-refractivity contribution in [1.82, 2.24) is 9.78 Å². The van der Waals surface area contributed by atoms with Crippen molar-refractivity contribution in [3.8, 4) is 0 Å². The van der Waals surface area contributed by atoms with Crippen molar-refractivity contribution < 1.29 is 9.53 Å². The Balaban J connectivity index is 2.34. The second-order valence-electron chi connectivity index (χ2n) is 3.45. The van der Waals surface area contributed by atoms with Crippen molar-refractivity contribution in [2.24, 2.45) is 0 Å². The lowest BCUT2D eigenvalue weighted by molar-refractivity contribution is -0.143. The maximum absolute atomic E-state index is 11.1. The van der Waals surface area contributed by atoms with Crippen LogP contribution in [0, 0.1) is 0 Å². The van der Waals surface area contributed by atoms with Crippen LogP contribution in [0.15, 0.2) is 6.20 Å². The van der Waals surface area contributed by atoms with Gasteiger partial charge in [0.1, 0.15) is 0 Å². The first-order valence-electron chi connectivity index (χ1n) is 5.54. The fourth-order valence-corrected chi connectivity index (χ4v) is 1.69. The smallest absolute Gasteiger partial charge is 0.305 e. The minimum absolute atomic E-state index is 0.156. The molecule has 5 heteroatoms. The Labute approximate surface area is 101 Å². The van der Waals surface area contributed by atoms with E-state index in [9.17, 15) is 4.79 Å². The van der Waals surface area contributed by atoms with Gasteiger partial charge in [0.2, 0.25) is 0 Å². The number of aryl methyl sites for hydroxylation is 2. The molecule has 0 unspecified atom stereocenters. The van der Waals surface area contributed by atoms with Crippen molar-refractivity contribution >= 4 is 17.6 Å². The van der Waals surface area contributed by atoms with Crippen LogP contribution in [0.2, 0.25) is 5.02 Å². The molecule has 0 N–H and O–H groups in total. The second-order valence-corrected chi connectivity index (χ2v) is 3.86. The van der Waals surface area contributed by atoms with Crippen LogP contribution >= 0.6 is 11.6 Å². The summed E-state index contributed by atoms with van der Waals surface area (Å²) in [6.45, 7) is 4.95. The molecular weight excluding hydrogens is 228 g/mol. The zero-order valence-electron chi connectivity index (χ0n) is 9.70. The van der Waals surface area contributed by atoms with Crippen LogP contribution < -0.4 is 0 Å². The van der Waals surface area contributed by atoms with Crippen molar-refractivity contribution in [2.45, 2.75) is 39.7 Å². The third kappa shape index (κ3) is 3.85. The highest BCUT2D eigenvalue weighted by atomic mass is 35.5.